The Morgan fingerprint density at radius 2 is 1.94 bits per heavy atom. The van der Waals surface area contributed by atoms with Crippen LogP contribution in [0.15, 0.2) is 0 Å². The zero-order chi connectivity index (χ0) is 12.6. The molecule has 1 amide bonds. The molecule has 0 aromatic rings. The van der Waals surface area contributed by atoms with Crippen LogP contribution in [0.25, 0.3) is 0 Å². The van der Waals surface area contributed by atoms with Gasteiger partial charge in [-0.05, 0) is 33.6 Å². The lowest BCUT2D eigenvalue weighted by molar-refractivity contribution is 0.0527. The van der Waals surface area contributed by atoms with Crippen LogP contribution in [-0.2, 0) is 14.8 Å². The van der Waals surface area contributed by atoms with E-state index in [2.05, 4.69) is 5.32 Å². The molecular weight excluding hydrogens is 232 g/mol. The fourth-order valence-electron chi connectivity index (χ4n) is 1.25. The quantitative estimate of drug-likeness (QED) is 0.754. The Morgan fingerprint density at radius 1 is 1.44 bits per heavy atom. The number of alkyl carbamates (subject to hydrolysis) is 1. The largest absolute Gasteiger partial charge is 0.444 e. The smallest absolute Gasteiger partial charge is 0.407 e. The molecule has 16 heavy (non-hydrogen) atoms. The van der Waals surface area contributed by atoms with Crippen molar-refractivity contribution in [2.24, 2.45) is 5.14 Å². The summed E-state index contributed by atoms with van der Waals surface area (Å²) < 4.78 is 26.4. The Bertz CT molecular complexity index is 379. The van der Waals surface area contributed by atoms with Crippen LogP contribution < -0.4 is 10.5 Å². The maximum absolute atomic E-state index is 11.3. The summed E-state index contributed by atoms with van der Waals surface area (Å²) in [5.41, 5.74) is -0.595. The highest BCUT2D eigenvalue weighted by atomic mass is 32.2. The first kappa shape index (κ1) is 13.2. The number of primary sulfonamides is 1. The fourth-order valence-corrected chi connectivity index (χ4v) is 2.19. The number of sulfonamides is 1. The molecular formula is C9H18N2O4S. The highest BCUT2D eigenvalue weighted by Gasteiger charge is 2.53. The number of amides is 1. The maximum Gasteiger partial charge on any atom is 0.407 e. The lowest BCUT2D eigenvalue weighted by Gasteiger charge is -2.21. The fraction of sp³-hybridized carbons (Fsp3) is 0.889. The predicted octanol–water partition coefficient (Wildman–Crippen LogP) is 0.332. The molecule has 3 N–H and O–H groups in total. The van der Waals surface area contributed by atoms with Gasteiger partial charge in [-0.1, -0.05) is 0 Å². The van der Waals surface area contributed by atoms with Gasteiger partial charge in [-0.3, -0.25) is 0 Å². The van der Waals surface area contributed by atoms with Crippen LogP contribution in [-0.4, -0.2) is 31.4 Å². The van der Waals surface area contributed by atoms with Gasteiger partial charge in [0.15, 0.2) is 0 Å². The minimum absolute atomic E-state index is 0.0146. The minimum atomic E-state index is -3.60. The van der Waals surface area contributed by atoms with E-state index in [1.165, 1.54) is 0 Å². The highest BCUT2D eigenvalue weighted by Crippen LogP contribution is 2.41. The van der Waals surface area contributed by atoms with Gasteiger partial charge in [0.25, 0.3) is 0 Å². The van der Waals surface area contributed by atoms with Crippen molar-refractivity contribution in [3.8, 4) is 0 Å². The molecule has 1 saturated carbocycles. The third kappa shape index (κ3) is 3.34. The van der Waals surface area contributed by atoms with Crippen molar-refractivity contribution in [1.82, 2.24) is 5.32 Å². The van der Waals surface area contributed by atoms with E-state index in [1.54, 1.807) is 20.8 Å². The van der Waals surface area contributed by atoms with E-state index in [-0.39, 0.29) is 6.54 Å². The summed E-state index contributed by atoms with van der Waals surface area (Å²) in [7, 11) is -3.60. The Hall–Kier alpha value is -0.820. The molecule has 94 valence electrons. The highest BCUT2D eigenvalue weighted by molar-refractivity contribution is 7.90. The van der Waals surface area contributed by atoms with Crippen LogP contribution in [0.1, 0.15) is 33.6 Å². The third-order valence-corrected chi connectivity index (χ3v) is 4.12. The number of rotatable bonds is 3. The Labute approximate surface area is 95.6 Å². The molecule has 0 heterocycles. The van der Waals surface area contributed by atoms with Crippen LogP contribution >= 0.6 is 0 Å². The summed E-state index contributed by atoms with van der Waals surface area (Å²) in [4.78, 5) is 11.3. The molecule has 0 saturated heterocycles. The van der Waals surface area contributed by atoms with Crippen LogP contribution in [0.3, 0.4) is 0 Å². The van der Waals surface area contributed by atoms with Crippen molar-refractivity contribution in [3.05, 3.63) is 0 Å². The van der Waals surface area contributed by atoms with Crippen molar-refractivity contribution in [2.45, 2.75) is 44.0 Å². The molecule has 0 atom stereocenters. The topological polar surface area (TPSA) is 98.5 Å². The molecule has 0 unspecified atom stereocenters. The van der Waals surface area contributed by atoms with Gasteiger partial charge >= 0.3 is 6.09 Å². The normalized spacial score (nSPS) is 19.0. The van der Waals surface area contributed by atoms with E-state index in [4.69, 9.17) is 9.88 Å². The van der Waals surface area contributed by atoms with E-state index in [0.717, 1.165) is 0 Å². The van der Waals surface area contributed by atoms with Crippen molar-refractivity contribution in [2.75, 3.05) is 6.54 Å². The summed E-state index contributed by atoms with van der Waals surface area (Å²) in [5, 5.41) is 7.50. The Balaban J connectivity index is 2.45. The summed E-state index contributed by atoms with van der Waals surface area (Å²) in [6.07, 6.45) is 0.353. The van der Waals surface area contributed by atoms with Gasteiger partial charge in [-0.15, -0.1) is 0 Å². The molecule has 0 aliphatic heterocycles. The van der Waals surface area contributed by atoms with E-state index >= 15 is 0 Å². The van der Waals surface area contributed by atoms with Crippen LogP contribution in [0.4, 0.5) is 4.79 Å². The third-order valence-electron chi connectivity index (χ3n) is 2.37. The number of carbonyl (C=O) groups excluding carboxylic acids is 1. The molecule has 0 aromatic heterocycles. The van der Waals surface area contributed by atoms with E-state index in [9.17, 15) is 13.2 Å². The van der Waals surface area contributed by atoms with Gasteiger partial charge in [0, 0.05) is 6.54 Å². The number of hydrogen-bond acceptors (Lipinski definition) is 4. The Morgan fingerprint density at radius 3 is 2.25 bits per heavy atom. The van der Waals surface area contributed by atoms with Crippen LogP contribution in [0, 0.1) is 0 Å². The summed E-state index contributed by atoms with van der Waals surface area (Å²) in [6.45, 7) is 5.22. The summed E-state index contributed by atoms with van der Waals surface area (Å²) >= 11 is 0. The lowest BCUT2D eigenvalue weighted by Crippen LogP contribution is -2.43. The van der Waals surface area contributed by atoms with E-state index in [0.29, 0.717) is 12.8 Å². The average molecular weight is 250 g/mol. The van der Waals surface area contributed by atoms with Crippen molar-refractivity contribution in [1.29, 1.82) is 0 Å². The van der Waals surface area contributed by atoms with E-state index < -0.39 is 26.5 Å². The SMILES string of the molecule is CC(C)(C)OC(=O)NCC1(S(N)(=O)=O)CC1. The van der Waals surface area contributed by atoms with Gasteiger partial charge in [0.1, 0.15) is 10.3 Å². The number of hydrogen-bond donors (Lipinski definition) is 2. The second-order valence-electron chi connectivity index (χ2n) is 5.08. The predicted molar refractivity (Wildman–Crippen MR) is 59.3 cm³/mol. The minimum Gasteiger partial charge on any atom is -0.444 e. The molecule has 0 aromatic carbocycles. The Kier molecular flexibility index (Phi) is 3.22. The van der Waals surface area contributed by atoms with Gasteiger partial charge in [-0.2, -0.15) is 0 Å². The first-order valence-corrected chi connectivity index (χ1v) is 6.60. The number of carbonyl (C=O) groups is 1. The van der Waals surface area contributed by atoms with Crippen molar-refractivity contribution in [3.63, 3.8) is 0 Å². The number of nitrogens with one attached hydrogen (secondary N) is 1. The molecule has 0 bridgehead atoms. The molecule has 1 aliphatic rings. The number of ether oxygens (including phenoxy) is 1. The van der Waals surface area contributed by atoms with Gasteiger partial charge in [0.05, 0.1) is 0 Å². The van der Waals surface area contributed by atoms with Crippen LogP contribution in [0.2, 0.25) is 0 Å². The molecule has 1 rings (SSSR count). The first-order chi connectivity index (χ1) is 7.06. The molecule has 1 fully saturated rings. The second kappa shape index (κ2) is 3.89. The average Bonchev–Trinajstić information content (AvgIpc) is 2.75. The molecule has 7 heteroatoms. The second-order valence-corrected chi connectivity index (χ2v) is 7.04. The standard InChI is InChI=1S/C9H18N2O4S/c1-8(2,3)15-7(12)11-6-9(4-5-9)16(10,13)14/h4-6H2,1-3H3,(H,11,12)(H2,10,13,14). The monoisotopic (exact) mass is 250 g/mol. The molecule has 1 aliphatic carbocycles. The molecule has 6 nitrogen and oxygen atoms in total. The summed E-state index contributed by atoms with van der Waals surface area (Å²) in [5.74, 6) is 0. The zero-order valence-corrected chi connectivity index (χ0v) is 10.6. The summed E-state index contributed by atoms with van der Waals surface area (Å²) in [6, 6.07) is 0. The zero-order valence-electron chi connectivity index (χ0n) is 9.74. The molecule has 0 radical (unpaired) electrons. The van der Waals surface area contributed by atoms with Crippen molar-refractivity contribution >= 4 is 16.1 Å². The van der Waals surface area contributed by atoms with Gasteiger partial charge in [0.2, 0.25) is 10.0 Å². The maximum atomic E-state index is 11.3. The van der Waals surface area contributed by atoms with Crippen molar-refractivity contribution < 1.29 is 17.9 Å². The number of nitrogens with two attached hydrogens (primary N) is 1. The van der Waals surface area contributed by atoms with Gasteiger partial charge < -0.3 is 10.1 Å². The van der Waals surface area contributed by atoms with Gasteiger partial charge in [-0.25, -0.2) is 18.4 Å². The first-order valence-electron chi connectivity index (χ1n) is 5.05. The van der Waals surface area contributed by atoms with Crippen LogP contribution in [0.5, 0.6) is 0 Å². The van der Waals surface area contributed by atoms with E-state index in [1.807, 2.05) is 0 Å². The molecule has 0 spiro atoms. The lowest BCUT2D eigenvalue weighted by atomic mass is 10.2.